The van der Waals surface area contributed by atoms with Gasteiger partial charge in [-0.05, 0) is 47.8 Å². The largest absolute Gasteiger partial charge is 0.436 e. The molecular formula is C18H10BrClN2O2S. The number of amides is 1. The first-order valence-corrected chi connectivity index (χ1v) is 9.36. The molecule has 0 atom stereocenters. The molecule has 2 heterocycles. The number of anilines is 1. The Morgan fingerprint density at radius 2 is 2.08 bits per heavy atom. The summed E-state index contributed by atoms with van der Waals surface area (Å²) in [5.74, 6) is 0.288. The Morgan fingerprint density at radius 1 is 1.20 bits per heavy atom. The molecule has 2 aromatic heterocycles. The average molecular weight is 434 g/mol. The van der Waals surface area contributed by atoms with Crippen molar-refractivity contribution in [3.8, 4) is 11.5 Å². The second kappa shape index (κ2) is 6.63. The van der Waals surface area contributed by atoms with Crippen LogP contribution >= 0.6 is 38.9 Å². The first-order chi connectivity index (χ1) is 12.1. The van der Waals surface area contributed by atoms with E-state index in [-0.39, 0.29) is 5.91 Å². The number of oxazole rings is 1. The Hall–Kier alpha value is -2.15. The lowest BCUT2D eigenvalue weighted by molar-refractivity contribution is 0.103. The fraction of sp³-hybridized carbons (Fsp3) is 0. The number of aromatic nitrogens is 1. The quantitative estimate of drug-likeness (QED) is 0.417. The highest BCUT2D eigenvalue weighted by molar-refractivity contribution is 9.10. The minimum absolute atomic E-state index is 0.145. The molecule has 0 aliphatic heterocycles. The molecule has 25 heavy (non-hydrogen) atoms. The lowest BCUT2D eigenvalue weighted by Crippen LogP contribution is -2.09. The number of carbonyl (C=O) groups is 1. The molecule has 4 aromatic rings. The molecule has 0 aliphatic carbocycles. The molecule has 124 valence electrons. The topological polar surface area (TPSA) is 55.1 Å². The summed E-state index contributed by atoms with van der Waals surface area (Å²) in [5.41, 5.74) is 2.64. The second-order valence-electron chi connectivity index (χ2n) is 5.26. The Bertz CT molecular complexity index is 1080. The van der Waals surface area contributed by atoms with Crippen molar-refractivity contribution in [2.45, 2.75) is 0 Å². The Balaban J connectivity index is 1.68. The maximum absolute atomic E-state index is 12.2. The standard InChI is InChI=1S/C18H10BrClN2O2S/c19-10-3-5-13(20)12(8-10)18-22-14-9-11(4-6-15(14)24-18)21-17(23)16-2-1-7-25-16/h1-9H,(H,21,23). The van der Waals surface area contributed by atoms with Gasteiger partial charge in [0.1, 0.15) is 5.52 Å². The van der Waals surface area contributed by atoms with Crippen LogP contribution in [-0.2, 0) is 0 Å². The van der Waals surface area contributed by atoms with Crippen LogP contribution in [0.5, 0.6) is 0 Å². The molecule has 0 saturated heterocycles. The summed E-state index contributed by atoms with van der Waals surface area (Å²) in [6, 6.07) is 14.4. The van der Waals surface area contributed by atoms with Crippen molar-refractivity contribution in [2.24, 2.45) is 0 Å². The molecule has 0 unspecified atom stereocenters. The van der Waals surface area contributed by atoms with Crippen LogP contribution in [0.25, 0.3) is 22.6 Å². The van der Waals surface area contributed by atoms with E-state index in [1.807, 2.05) is 23.6 Å². The van der Waals surface area contributed by atoms with Crippen molar-refractivity contribution < 1.29 is 9.21 Å². The molecule has 0 saturated carbocycles. The molecule has 0 bridgehead atoms. The molecule has 4 rings (SSSR count). The van der Waals surface area contributed by atoms with Gasteiger partial charge >= 0.3 is 0 Å². The van der Waals surface area contributed by atoms with E-state index >= 15 is 0 Å². The van der Waals surface area contributed by atoms with Gasteiger partial charge in [0, 0.05) is 10.2 Å². The number of fused-ring (bicyclic) bond motifs is 1. The van der Waals surface area contributed by atoms with Crippen LogP contribution in [0.3, 0.4) is 0 Å². The van der Waals surface area contributed by atoms with Crippen LogP contribution < -0.4 is 5.32 Å². The van der Waals surface area contributed by atoms with E-state index in [2.05, 4.69) is 26.2 Å². The van der Waals surface area contributed by atoms with Gasteiger partial charge in [0.05, 0.1) is 15.5 Å². The summed E-state index contributed by atoms with van der Waals surface area (Å²) in [7, 11) is 0. The van der Waals surface area contributed by atoms with Crippen LogP contribution in [0.2, 0.25) is 5.02 Å². The van der Waals surface area contributed by atoms with Gasteiger partial charge < -0.3 is 9.73 Å². The number of carbonyl (C=O) groups excluding carboxylic acids is 1. The zero-order chi connectivity index (χ0) is 17.4. The monoisotopic (exact) mass is 432 g/mol. The molecule has 1 amide bonds. The molecule has 7 heteroatoms. The van der Waals surface area contributed by atoms with Crippen LogP contribution in [0.1, 0.15) is 9.67 Å². The van der Waals surface area contributed by atoms with Crippen LogP contribution in [-0.4, -0.2) is 10.9 Å². The number of benzene rings is 2. The third-order valence-electron chi connectivity index (χ3n) is 3.55. The minimum Gasteiger partial charge on any atom is -0.436 e. The van der Waals surface area contributed by atoms with E-state index in [1.54, 1.807) is 30.3 Å². The highest BCUT2D eigenvalue weighted by Gasteiger charge is 2.13. The predicted molar refractivity (Wildman–Crippen MR) is 104 cm³/mol. The predicted octanol–water partition coefficient (Wildman–Crippen LogP) is 6.22. The lowest BCUT2D eigenvalue weighted by atomic mass is 10.2. The fourth-order valence-corrected chi connectivity index (χ4v) is 3.56. The minimum atomic E-state index is -0.145. The third kappa shape index (κ3) is 3.33. The van der Waals surface area contributed by atoms with E-state index in [1.165, 1.54) is 11.3 Å². The zero-order valence-corrected chi connectivity index (χ0v) is 15.8. The van der Waals surface area contributed by atoms with Crippen molar-refractivity contribution in [2.75, 3.05) is 5.32 Å². The molecule has 4 nitrogen and oxygen atoms in total. The smallest absolute Gasteiger partial charge is 0.265 e. The number of halogens is 2. The first kappa shape index (κ1) is 16.3. The van der Waals surface area contributed by atoms with Crippen molar-refractivity contribution >= 4 is 61.6 Å². The normalized spacial score (nSPS) is 11.0. The average Bonchev–Trinajstić information content (AvgIpc) is 3.26. The number of rotatable bonds is 3. The third-order valence-corrected chi connectivity index (χ3v) is 5.24. The maximum atomic E-state index is 12.2. The van der Waals surface area contributed by atoms with Crippen LogP contribution in [0, 0.1) is 0 Å². The fourth-order valence-electron chi connectivity index (χ4n) is 2.38. The summed E-state index contributed by atoms with van der Waals surface area (Å²) in [4.78, 5) is 17.3. The summed E-state index contributed by atoms with van der Waals surface area (Å²) >= 11 is 11.1. The van der Waals surface area contributed by atoms with Gasteiger partial charge in [0.15, 0.2) is 5.58 Å². The van der Waals surface area contributed by atoms with E-state index in [4.69, 9.17) is 16.0 Å². The molecule has 2 aromatic carbocycles. The van der Waals surface area contributed by atoms with Gasteiger partial charge in [-0.2, -0.15) is 0 Å². The van der Waals surface area contributed by atoms with Crippen LogP contribution in [0.15, 0.2) is 62.8 Å². The molecule has 0 spiro atoms. The van der Waals surface area contributed by atoms with E-state index in [0.29, 0.717) is 38.1 Å². The van der Waals surface area contributed by atoms with Crippen molar-refractivity contribution in [1.82, 2.24) is 4.98 Å². The van der Waals surface area contributed by atoms with E-state index in [0.717, 1.165) is 4.47 Å². The highest BCUT2D eigenvalue weighted by Crippen LogP contribution is 2.33. The SMILES string of the molecule is O=C(Nc1ccc2oc(-c3cc(Br)ccc3Cl)nc2c1)c1cccs1. The molecule has 0 aliphatic rings. The Kier molecular flexibility index (Phi) is 4.33. The molecular weight excluding hydrogens is 424 g/mol. The number of nitrogens with one attached hydrogen (secondary N) is 1. The second-order valence-corrected chi connectivity index (χ2v) is 7.53. The van der Waals surface area contributed by atoms with Gasteiger partial charge in [-0.3, -0.25) is 4.79 Å². The molecule has 1 N–H and O–H groups in total. The molecule has 0 fully saturated rings. The van der Waals surface area contributed by atoms with Crippen LogP contribution in [0.4, 0.5) is 5.69 Å². The number of hydrogen-bond donors (Lipinski definition) is 1. The number of nitrogens with zero attached hydrogens (tertiary/aromatic N) is 1. The van der Waals surface area contributed by atoms with Crippen molar-refractivity contribution in [3.63, 3.8) is 0 Å². The van der Waals surface area contributed by atoms with E-state index in [9.17, 15) is 4.79 Å². The summed E-state index contributed by atoms with van der Waals surface area (Å²) < 4.78 is 6.68. The summed E-state index contributed by atoms with van der Waals surface area (Å²) in [6.07, 6.45) is 0. The van der Waals surface area contributed by atoms with Gasteiger partial charge in [-0.15, -0.1) is 11.3 Å². The highest BCUT2D eigenvalue weighted by atomic mass is 79.9. The first-order valence-electron chi connectivity index (χ1n) is 7.31. The Labute approximate surface area is 160 Å². The number of hydrogen-bond acceptors (Lipinski definition) is 4. The summed E-state index contributed by atoms with van der Waals surface area (Å²) in [5, 5.41) is 5.28. The Morgan fingerprint density at radius 3 is 2.88 bits per heavy atom. The van der Waals surface area contributed by atoms with Crippen molar-refractivity contribution in [3.05, 3.63) is 68.3 Å². The van der Waals surface area contributed by atoms with Gasteiger partial charge in [0.2, 0.25) is 5.89 Å². The number of thiophene rings is 1. The van der Waals surface area contributed by atoms with Gasteiger partial charge in [-0.25, -0.2) is 4.98 Å². The lowest BCUT2D eigenvalue weighted by Gasteiger charge is -2.02. The van der Waals surface area contributed by atoms with E-state index < -0.39 is 0 Å². The maximum Gasteiger partial charge on any atom is 0.265 e. The van der Waals surface area contributed by atoms with Gasteiger partial charge in [0.25, 0.3) is 5.91 Å². The molecule has 0 radical (unpaired) electrons. The summed E-state index contributed by atoms with van der Waals surface area (Å²) in [6.45, 7) is 0. The zero-order valence-electron chi connectivity index (χ0n) is 12.6. The van der Waals surface area contributed by atoms with Gasteiger partial charge in [-0.1, -0.05) is 33.6 Å². The van der Waals surface area contributed by atoms with Crippen molar-refractivity contribution in [1.29, 1.82) is 0 Å².